The van der Waals surface area contributed by atoms with E-state index in [1.165, 1.54) is 19.2 Å². The van der Waals surface area contributed by atoms with Crippen LogP contribution in [0.25, 0.3) is 0 Å². The molecule has 0 aliphatic rings. The van der Waals surface area contributed by atoms with Gasteiger partial charge in [0.05, 0.1) is 12.0 Å². The van der Waals surface area contributed by atoms with Gasteiger partial charge in [-0.3, -0.25) is 14.9 Å². The van der Waals surface area contributed by atoms with E-state index in [9.17, 15) is 14.9 Å². The third-order valence-electron chi connectivity index (χ3n) is 1.67. The summed E-state index contributed by atoms with van der Waals surface area (Å²) in [6.45, 7) is 0. The second kappa shape index (κ2) is 4.46. The van der Waals surface area contributed by atoms with Crippen LogP contribution in [0.2, 0.25) is 5.02 Å². The van der Waals surface area contributed by atoms with Crippen LogP contribution in [0.3, 0.4) is 0 Å². The Labute approximate surface area is 94.7 Å². The zero-order valence-electron chi connectivity index (χ0n) is 7.49. The van der Waals surface area contributed by atoms with Crippen molar-refractivity contribution in [3.63, 3.8) is 0 Å². The largest absolute Gasteiger partial charge is 0.497 e. The monoisotopic (exact) mass is 249 g/mol. The lowest BCUT2D eigenvalue weighted by atomic mass is 10.2. The van der Waals surface area contributed by atoms with Crippen LogP contribution in [0.1, 0.15) is 10.4 Å². The zero-order chi connectivity index (χ0) is 11.6. The second-order valence-electron chi connectivity index (χ2n) is 2.54. The molecule has 0 N–H and O–H groups in total. The van der Waals surface area contributed by atoms with Crippen LogP contribution in [-0.4, -0.2) is 17.3 Å². The van der Waals surface area contributed by atoms with E-state index in [0.29, 0.717) is 0 Å². The first-order chi connectivity index (χ1) is 6.97. The summed E-state index contributed by atoms with van der Waals surface area (Å²) in [5, 5.41) is 9.47. The fourth-order valence-electron chi connectivity index (χ4n) is 1.03. The molecule has 0 aliphatic heterocycles. The molecule has 0 saturated carbocycles. The number of nitro groups is 1. The number of rotatable bonds is 3. The minimum absolute atomic E-state index is 0.191. The number of hydrogen-bond donors (Lipinski definition) is 0. The Morgan fingerprint density at radius 2 is 2.13 bits per heavy atom. The van der Waals surface area contributed by atoms with E-state index in [2.05, 4.69) is 0 Å². The molecular formula is C8H5Cl2NO4. The van der Waals surface area contributed by atoms with Crippen molar-refractivity contribution in [1.29, 1.82) is 0 Å². The average molecular weight is 250 g/mol. The molecule has 1 rings (SSSR count). The molecule has 0 saturated heterocycles. The Balaban J connectivity index is 3.49. The van der Waals surface area contributed by atoms with Gasteiger partial charge in [-0.15, -0.1) is 0 Å². The smallest absolute Gasteiger partial charge is 0.300 e. The van der Waals surface area contributed by atoms with Gasteiger partial charge in [0.15, 0.2) is 0 Å². The maximum atomic E-state index is 10.9. The topological polar surface area (TPSA) is 69.4 Å². The third-order valence-corrected chi connectivity index (χ3v) is 2.16. The highest BCUT2D eigenvalue weighted by molar-refractivity contribution is 6.68. The van der Waals surface area contributed by atoms with E-state index in [1.54, 1.807) is 0 Å². The molecule has 0 radical (unpaired) electrons. The predicted octanol–water partition coefficient (Wildman–Crippen LogP) is 2.64. The van der Waals surface area contributed by atoms with E-state index in [0.717, 1.165) is 0 Å². The summed E-state index contributed by atoms with van der Waals surface area (Å²) in [5.74, 6) is 0.231. The van der Waals surface area contributed by atoms with Crippen molar-refractivity contribution in [3.05, 3.63) is 32.8 Å². The summed E-state index contributed by atoms with van der Waals surface area (Å²) in [6, 6.07) is 2.41. The molecule has 0 amide bonds. The highest BCUT2D eigenvalue weighted by Crippen LogP contribution is 2.33. The fourth-order valence-corrected chi connectivity index (χ4v) is 1.45. The van der Waals surface area contributed by atoms with Gasteiger partial charge < -0.3 is 4.74 Å². The van der Waals surface area contributed by atoms with Crippen molar-refractivity contribution in [3.8, 4) is 5.75 Å². The molecule has 15 heavy (non-hydrogen) atoms. The van der Waals surface area contributed by atoms with E-state index in [-0.39, 0.29) is 16.3 Å². The molecule has 0 bridgehead atoms. The first-order valence-electron chi connectivity index (χ1n) is 3.69. The maximum Gasteiger partial charge on any atom is 0.300 e. The van der Waals surface area contributed by atoms with Crippen LogP contribution >= 0.6 is 23.2 Å². The average Bonchev–Trinajstić information content (AvgIpc) is 2.15. The van der Waals surface area contributed by atoms with E-state index < -0.39 is 15.9 Å². The summed E-state index contributed by atoms with van der Waals surface area (Å²) in [5.41, 5.74) is -0.802. The molecule has 1 aromatic carbocycles. The van der Waals surface area contributed by atoms with Crippen molar-refractivity contribution < 1.29 is 14.5 Å². The molecule has 7 heteroatoms. The van der Waals surface area contributed by atoms with Crippen molar-refractivity contribution in [2.24, 2.45) is 0 Å². The summed E-state index contributed by atoms with van der Waals surface area (Å²) < 4.78 is 4.80. The lowest BCUT2D eigenvalue weighted by Crippen LogP contribution is -2.00. The predicted molar refractivity (Wildman–Crippen MR) is 54.8 cm³/mol. The lowest BCUT2D eigenvalue weighted by molar-refractivity contribution is -0.384. The molecule has 0 heterocycles. The minimum Gasteiger partial charge on any atom is -0.497 e. The second-order valence-corrected chi connectivity index (χ2v) is 3.29. The summed E-state index contributed by atoms with van der Waals surface area (Å²) >= 11 is 10.8. The number of ether oxygens (including phenoxy) is 1. The Bertz CT molecular complexity index is 433. The van der Waals surface area contributed by atoms with Crippen LogP contribution in [0.5, 0.6) is 5.75 Å². The Kier molecular flexibility index (Phi) is 3.49. The molecule has 0 aliphatic carbocycles. The molecule has 0 spiro atoms. The van der Waals surface area contributed by atoms with Gasteiger partial charge in [0.1, 0.15) is 16.3 Å². The van der Waals surface area contributed by atoms with E-state index in [4.69, 9.17) is 27.9 Å². The van der Waals surface area contributed by atoms with Gasteiger partial charge in [-0.1, -0.05) is 11.6 Å². The number of halogens is 2. The fraction of sp³-hybridized carbons (Fsp3) is 0.125. The molecule has 80 valence electrons. The van der Waals surface area contributed by atoms with Gasteiger partial charge in [-0.05, 0) is 17.7 Å². The van der Waals surface area contributed by atoms with Crippen LogP contribution in [0.15, 0.2) is 12.1 Å². The SMILES string of the molecule is COc1cc(Cl)c([N+](=O)[O-])c(C(=O)Cl)c1. The molecule has 0 unspecified atom stereocenters. The van der Waals surface area contributed by atoms with Crippen molar-refractivity contribution >= 4 is 34.1 Å². The maximum absolute atomic E-state index is 10.9. The first-order valence-corrected chi connectivity index (χ1v) is 4.44. The number of methoxy groups -OCH3 is 1. The number of nitrogens with zero attached hydrogens (tertiary/aromatic N) is 1. The number of carbonyl (C=O) groups is 1. The Morgan fingerprint density at radius 3 is 2.53 bits per heavy atom. The van der Waals surface area contributed by atoms with Crippen LogP contribution in [0, 0.1) is 10.1 Å². The van der Waals surface area contributed by atoms with Crippen LogP contribution < -0.4 is 4.74 Å². The Morgan fingerprint density at radius 1 is 1.53 bits per heavy atom. The summed E-state index contributed by atoms with van der Waals surface area (Å²) in [7, 11) is 1.35. The lowest BCUT2D eigenvalue weighted by Gasteiger charge is -2.04. The first kappa shape index (κ1) is 11.7. The molecule has 1 aromatic rings. The van der Waals surface area contributed by atoms with Gasteiger partial charge in [0.2, 0.25) is 0 Å². The van der Waals surface area contributed by atoms with E-state index in [1.807, 2.05) is 0 Å². The standard InChI is InChI=1S/C8H5Cl2NO4/c1-15-4-2-5(8(10)12)7(11(13)14)6(9)3-4/h2-3H,1H3. The quantitative estimate of drug-likeness (QED) is 0.469. The molecule has 5 nitrogen and oxygen atoms in total. The minimum atomic E-state index is -0.956. The summed E-state index contributed by atoms with van der Waals surface area (Å²) in [4.78, 5) is 20.8. The highest BCUT2D eigenvalue weighted by Gasteiger charge is 2.24. The summed E-state index contributed by atoms with van der Waals surface area (Å²) in [6.07, 6.45) is 0. The number of carbonyl (C=O) groups excluding carboxylic acids is 1. The highest BCUT2D eigenvalue weighted by atomic mass is 35.5. The van der Waals surface area contributed by atoms with Gasteiger partial charge in [-0.2, -0.15) is 0 Å². The third kappa shape index (κ3) is 2.37. The molecule has 0 atom stereocenters. The van der Waals surface area contributed by atoms with Gasteiger partial charge in [0, 0.05) is 6.07 Å². The Hall–Kier alpha value is -1.33. The van der Waals surface area contributed by atoms with Gasteiger partial charge >= 0.3 is 0 Å². The molecule has 0 fully saturated rings. The van der Waals surface area contributed by atoms with Crippen molar-refractivity contribution in [1.82, 2.24) is 0 Å². The number of benzene rings is 1. The van der Waals surface area contributed by atoms with Crippen LogP contribution in [0.4, 0.5) is 5.69 Å². The normalized spacial score (nSPS) is 9.80. The van der Waals surface area contributed by atoms with Crippen molar-refractivity contribution in [2.45, 2.75) is 0 Å². The molecule has 0 aromatic heterocycles. The number of nitro benzene ring substituents is 1. The zero-order valence-corrected chi connectivity index (χ0v) is 9.00. The molecular weight excluding hydrogens is 245 g/mol. The van der Waals surface area contributed by atoms with Gasteiger partial charge in [0.25, 0.3) is 10.9 Å². The van der Waals surface area contributed by atoms with Crippen molar-refractivity contribution in [2.75, 3.05) is 7.11 Å². The van der Waals surface area contributed by atoms with Crippen LogP contribution in [-0.2, 0) is 0 Å². The number of hydrogen-bond acceptors (Lipinski definition) is 4. The van der Waals surface area contributed by atoms with E-state index >= 15 is 0 Å². The van der Waals surface area contributed by atoms with Gasteiger partial charge in [-0.25, -0.2) is 0 Å².